The van der Waals surface area contributed by atoms with Crippen LogP contribution in [0.3, 0.4) is 0 Å². The predicted molar refractivity (Wildman–Crippen MR) is 81.4 cm³/mol. The summed E-state index contributed by atoms with van der Waals surface area (Å²) in [4.78, 5) is 14.5. The number of likely N-dealkylation sites (N-methyl/N-ethyl adjacent to an activating group) is 1. The van der Waals surface area contributed by atoms with Crippen LogP contribution in [-0.4, -0.2) is 43.5 Å². The number of nitrogens with two attached hydrogens (primary N) is 1. The molecule has 4 heteroatoms. The van der Waals surface area contributed by atoms with Crippen LogP contribution in [0.1, 0.15) is 18.4 Å². The van der Waals surface area contributed by atoms with Gasteiger partial charge in [-0.15, -0.1) is 0 Å². The lowest BCUT2D eigenvalue weighted by molar-refractivity contribution is -0.124. The summed E-state index contributed by atoms with van der Waals surface area (Å²) in [6.07, 6.45) is 3.30. The van der Waals surface area contributed by atoms with Crippen molar-refractivity contribution in [1.82, 2.24) is 10.2 Å². The zero-order chi connectivity index (χ0) is 14.4. The van der Waals surface area contributed by atoms with Gasteiger partial charge in [-0.1, -0.05) is 30.3 Å². The Hall–Kier alpha value is -1.39. The van der Waals surface area contributed by atoms with Gasteiger partial charge in [-0.3, -0.25) is 4.79 Å². The standard InChI is InChI=1S/C16H25N3O/c1-19(15-7-8-15)10-9-18-16(20)14(12-17)11-13-5-3-2-4-6-13/h2-6,14-15H,7-12,17H2,1H3,(H,18,20). The quantitative estimate of drug-likeness (QED) is 0.744. The number of rotatable bonds is 8. The first kappa shape index (κ1) is 15.0. The first-order chi connectivity index (χ1) is 9.70. The van der Waals surface area contributed by atoms with E-state index in [-0.39, 0.29) is 11.8 Å². The van der Waals surface area contributed by atoms with Crippen molar-refractivity contribution in [2.24, 2.45) is 11.7 Å². The van der Waals surface area contributed by atoms with Crippen molar-refractivity contribution in [2.45, 2.75) is 25.3 Å². The Morgan fingerprint density at radius 2 is 2.10 bits per heavy atom. The number of nitrogens with zero attached hydrogens (tertiary/aromatic N) is 1. The van der Waals surface area contributed by atoms with E-state index in [9.17, 15) is 4.79 Å². The van der Waals surface area contributed by atoms with Crippen molar-refractivity contribution in [3.63, 3.8) is 0 Å². The van der Waals surface area contributed by atoms with Crippen LogP contribution in [0.4, 0.5) is 0 Å². The molecule has 1 amide bonds. The molecule has 1 aromatic carbocycles. The molecule has 2 rings (SSSR count). The van der Waals surface area contributed by atoms with E-state index < -0.39 is 0 Å². The molecule has 1 atom stereocenters. The number of nitrogens with one attached hydrogen (secondary N) is 1. The zero-order valence-electron chi connectivity index (χ0n) is 12.2. The molecular weight excluding hydrogens is 250 g/mol. The van der Waals surface area contributed by atoms with E-state index in [1.165, 1.54) is 12.8 Å². The maximum Gasteiger partial charge on any atom is 0.224 e. The van der Waals surface area contributed by atoms with E-state index in [1.807, 2.05) is 30.3 Å². The van der Waals surface area contributed by atoms with Crippen LogP contribution in [0, 0.1) is 5.92 Å². The number of hydrogen-bond donors (Lipinski definition) is 2. The lowest BCUT2D eigenvalue weighted by atomic mass is 9.98. The van der Waals surface area contributed by atoms with Gasteiger partial charge in [0.1, 0.15) is 0 Å². The summed E-state index contributed by atoms with van der Waals surface area (Å²) in [5.41, 5.74) is 6.90. The summed E-state index contributed by atoms with van der Waals surface area (Å²) in [6.45, 7) is 2.01. The van der Waals surface area contributed by atoms with Gasteiger partial charge >= 0.3 is 0 Å². The summed E-state index contributed by atoms with van der Waals surface area (Å²) < 4.78 is 0. The average molecular weight is 275 g/mol. The monoisotopic (exact) mass is 275 g/mol. The SMILES string of the molecule is CN(CCNC(=O)C(CN)Cc1ccccc1)C1CC1. The lowest BCUT2D eigenvalue weighted by Gasteiger charge is -2.18. The van der Waals surface area contributed by atoms with Gasteiger partial charge in [-0.05, 0) is 31.9 Å². The third-order valence-corrected chi connectivity index (χ3v) is 3.91. The van der Waals surface area contributed by atoms with E-state index in [0.29, 0.717) is 19.5 Å². The van der Waals surface area contributed by atoms with Gasteiger partial charge in [0, 0.05) is 25.7 Å². The molecular formula is C16H25N3O. The molecule has 1 unspecified atom stereocenters. The largest absolute Gasteiger partial charge is 0.355 e. The number of carbonyl (C=O) groups is 1. The van der Waals surface area contributed by atoms with Gasteiger partial charge in [-0.25, -0.2) is 0 Å². The van der Waals surface area contributed by atoms with Crippen molar-refractivity contribution in [1.29, 1.82) is 0 Å². The minimum atomic E-state index is -0.136. The second-order valence-electron chi connectivity index (χ2n) is 5.63. The van der Waals surface area contributed by atoms with Crippen LogP contribution < -0.4 is 11.1 Å². The lowest BCUT2D eigenvalue weighted by Crippen LogP contribution is -2.40. The molecule has 1 saturated carbocycles. The molecule has 1 aliphatic rings. The molecule has 0 heterocycles. The highest BCUT2D eigenvalue weighted by molar-refractivity contribution is 5.79. The molecule has 0 saturated heterocycles. The van der Waals surface area contributed by atoms with Crippen molar-refractivity contribution >= 4 is 5.91 Å². The van der Waals surface area contributed by atoms with Gasteiger partial charge in [0.25, 0.3) is 0 Å². The van der Waals surface area contributed by atoms with Crippen LogP contribution >= 0.6 is 0 Å². The highest BCUT2D eigenvalue weighted by Gasteiger charge is 2.25. The first-order valence-electron chi connectivity index (χ1n) is 7.42. The van der Waals surface area contributed by atoms with Gasteiger partial charge < -0.3 is 16.0 Å². The average Bonchev–Trinajstić information content (AvgIpc) is 3.30. The Morgan fingerprint density at radius 1 is 1.40 bits per heavy atom. The van der Waals surface area contributed by atoms with Gasteiger partial charge in [0.2, 0.25) is 5.91 Å². The molecule has 4 nitrogen and oxygen atoms in total. The van der Waals surface area contributed by atoms with E-state index in [2.05, 4.69) is 17.3 Å². The van der Waals surface area contributed by atoms with Crippen LogP contribution in [0.25, 0.3) is 0 Å². The third-order valence-electron chi connectivity index (χ3n) is 3.91. The Balaban J connectivity index is 1.73. The third kappa shape index (κ3) is 4.62. The Bertz CT molecular complexity index is 417. The summed E-state index contributed by atoms with van der Waals surface area (Å²) in [6, 6.07) is 10.8. The molecule has 0 aliphatic heterocycles. The van der Waals surface area contributed by atoms with Crippen molar-refractivity contribution in [3.8, 4) is 0 Å². The zero-order valence-corrected chi connectivity index (χ0v) is 12.2. The topological polar surface area (TPSA) is 58.4 Å². The Morgan fingerprint density at radius 3 is 2.70 bits per heavy atom. The molecule has 1 aromatic rings. The van der Waals surface area contributed by atoms with E-state index in [1.54, 1.807) is 0 Å². The fourth-order valence-corrected chi connectivity index (χ4v) is 2.38. The fourth-order valence-electron chi connectivity index (χ4n) is 2.38. The molecule has 1 aliphatic carbocycles. The van der Waals surface area contributed by atoms with E-state index >= 15 is 0 Å². The molecule has 110 valence electrons. The molecule has 0 spiro atoms. The van der Waals surface area contributed by atoms with Crippen molar-refractivity contribution in [2.75, 3.05) is 26.7 Å². The Labute approximate surface area is 121 Å². The normalized spacial score (nSPS) is 16.1. The van der Waals surface area contributed by atoms with Gasteiger partial charge in [-0.2, -0.15) is 0 Å². The second-order valence-corrected chi connectivity index (χ2v) is 5.63. The van der Waals surface area contributed by atoms with Crippen molar-refractivity contribution < 1.29 is 4.79 Å². The number of amides is 1. The summed E-state index contributed by atoms with van der Waals surface area (Å²) >= 11 is 0. The molecule has 3 N–H and O–H groups in total. The van der Waals surface area contributed by atoms with Crippen LogP contribution in [0.2, 0.25) is 0 Å². The number of carbonyl (C=O) groups excluding carboxylic acids is 1. The smallest absolute Gasteiger partial charge is 0.224 e. The number of hydrogen-bond acceptors (Lipinski definition) is 3. The summed E-state index contributed by atoms with van der Waals surface area (Å²) in [5, 5.41) is 3.01. The highest BCUT2D eigenvalue weighted by Crippen LogP contribution is 2.24. The first-order valence-corrected chi connectivity index (χ1v) is 7.42. The summed E-state index contributed by atoms with van der Waals surface area (Å²) in [7, 11) is 2.12. The number of benzene rings is 1. The fraction of sp³-hybridized carbons (Fsp3) is 0.562. The van der Waals surface area contributed by atoms with E-state index in [0.717, 1.165) is 18.2 Å². The molecule has 0 radical (unpaired) electrons. The maximum absolute atomic E-state index is 12.1. The molecule has 20 heavy (non-hydrogen) atoms. The molecule has 1 fully saturated rings. The molecule has 0 bridgehead atoms. The van der Waals surface area contributed by atoms with Crippen LogP contribution in [0.15, 0.2) is 30.3 Å². The van der Waals surface area contributed by atoms with Gasteiger partial charge in [0.15, 0.2) is 0 Å². The highest BCUT2D eigenvalue weighted by atomic mass is 16.1. The summed E-state index contributed by atoms with van der Waals surface area (Å²) in [5.74, 6) is -0.0656. The Kier molecular flexibility index (Phi) is 5.56. The predicted octanol–water partition coefficient (Wildman–Crippen LogP) is 1.01. The maximum atomic E-state index is 12.1. The van der Waals surface area contributed by atoms with Crippen molar-refractivity contribution in [3.05, 3.63) is 35.9 Å². The van der Waals surface area contributed by atoms with Crippen LogP contribution in [-0.2, 0) is 11.2 Å². The van der Waals surface area contributed by atoms with Crippen LogP contribution in [0.5, 0.6) is 0 Å². The minimum absolute atomic E-state index is 0.0700. The van der Waals surface area contributed by atoms with Gasteiger partial charge in [0.05, 0.1) is 5.92 Å². The van der Waals surface area contributed by atoms with E-state index in [4.69, 9.17) is 5.73 Å². The molecule has 0 aromatic heterocycles. The minimum Gasteiger partial charge on any atom is -0.355 e. The second kappa shape index (κ2) is 7.41.